The molecule has 0 spiro atoms. The zero-order valence-corrected chi connectivity index (χ0v) is 10.4. The number of hydrogen-bond acceptors (Lipinski definition) is 3. The molecule has 0 saturated carbocycles. The molecule has 0 aliphatic carbocycles. The summed E-state index contributed by atoms with van der Waals surface area (Å²) in [7, 11) is 4.07. The lowest BCUT2D eigenvalue weighted by molar-refractivity contribution is -0.138. The van der Waals surface area contributed by atoms with Crippen LogP contribution in [0.2, 0.25) is 0 Å². The first kappa shape index (κ1) is 14.4. The summed E-state index contributed by atoms with van der Waals surface area (Å²) in [5, 5.41) is 8.74. The molecule has 15 heavy (non-hydrogen) atoms. The van der Waals surface area contributed by atoms with E-state index < -0.39 is 5.97 Å². The van der Waals surface area contributed by atoms with Crippen LogP contribution in [-0.2, 0) is 4.79 Å². The van der Waals surface area contributed by atoms with Gasteiger partial charge >= 0.3 is 5.97 Å². The number of aliphatic carboxylic acids is 1. The Labute approximate surface area is 92.9 Å². The van der Waals surface area contributed by atoms with Gasteiger partial charge in [-0.25, -0.2) is 0 Å². The third-order valence-corrected chi connectivity index (χ3v) is 2.44. The van der Waals surface area contributed by atoms with Gasteiger partial charge in [-0.1, -0.05) is 6.92 Å². The molecule has 0 bridgehead atoms. The molecule has 0 aliphatic rings. The Hall–Kier alpha value is -0.610. The van der Waals surface area contributed by atoms with Crippen LogP contribution in [0.5, 0.6) is 0 Å². The molecule has 0 aromatic heterocycles. The fourth-order valence-electron chi connectivity index (χ4n) is 1.55. The molecule has 0 radical (unpaired) electrons. The van der Waals surface area contributed by atoms with E-state index in [9.17, 15) is 4.79 Å². The smallest absolute Gasteiger partial charge is 0.304 e. The highest BCUT2D eigenvalue weighted by atomic mass is 16.4. The molecule has 0 aliphatic heterocycles. The van der Waals surface area contributed by atoms with Gasteiger partial charge in [0.1, 0.15) is 0 Å². The molecule has 90 valence electrons. The standard InChI is InChI=1S/C11H24N2O2/c1-5-6-13(8-7-12(3)4)10(2)9-11(14)15/h10H,5-9H2,1-4H3,(H,14,15). The lowest BCUT2D eigenvalue weighted by Crippen LogP contribution is -2.39. The molecule has 4 nitrogen and oxygen atoms in total. The Morgan fingerprint density at radius 3 is 2.27 bits per heavy atom. The molecular weight excluding hydrogens is 192 g/mol. The summed E-state index contributed by atoms with van der Waals surface area (Å²) in [5.41, 5.74) is 0. The van der Waals surface area contributed by atoms with Crippen molar-refractivity contribution in [1.29, 1.82) is 0 Å². The van der Waals surface area contributed by atoms with Crippen LogP contribution in [0.25, 0.3) is 0 Å². The van der Waals surface area contributed by atoms with E-state index >= 15 is 0 Å². The van der Waals surface area contributed by atoms with Crippen LogP contribution in [0.1, 0.15) is 26.7 Å². The molecule has 0 fully saturated rings. The highest BCUT2D eigenvalue weighted by molar-refractivity contribution is 5.67. The van der Waals surface area contributed by atoms with Crippen LogP contribution in [0, 0.1) is 0 Å². The number of carboxylic acid groups (broad SMARTS) is 1. The number of nitrogens with zero attached hydrogens (tertiary/aromatic N) is 2. The fraction of sp³-hybridized carbons (Fsp3) is 0.909. The summed E-state index contributed by atoms with van der Waals surface area (Å²) in [6.45, 7) is 7.00. The maximum Gasteiger partial charge on any atom is 0.304 e. The average Bonchev–Trinajstić information content (AvgIpc) is 2.10. The Balaban J connectivity index is 4.05. The van der Waals surface area contributed by atoms with Crippen molar-refractivity contribution in [2.45, 2.75) is 32.7 Å². The van der Waals surface area contributed by atoms with E-state index in [1.54, 1.807) is 0 Å². The highest BCUT2D eigenvalue weighted by Gasteiger charge is 2.15. The minimum atomic E-state index is -0.714. The van der Waals surface area contributed by atoms with Crippen molar-refractivity contribution in [3.05, 3.63) is 0 Å². The van der Waals surface area contributed by atoms with E-state index in [1.807, 2.05) is 21.0 Å². The number of rotatable bonds is 8. The molecule has 0 aromatic rings. The van der Waals surface area contributed by atoms with Crippen LogP contribution >= 0.6 is 0 Å². The van der Waals surface area contributed by atoms with Crippen LogP contribution in [0.15, 0.2) is 0 Å². The van der Waals surface area contributed by atoms with Crippen molar-refractivity contribution >= 4 is 5.97 Å². The van der Waals surface area contributed by atoms with E-state index in [0.29, 0.717) is 0 Å². The van der Waals surface area contributed by atoms with Gasteiger partial charge in [0.2, 0.25) is 0 Å². The summed E-state index contributed by atoms with van der Waals surface area (Å²) in [6, 6.07) is 0.127. The van der Waals surface area contributed by atoms with Crippen molar-refractivity contribution < 1.29 is 9.90 Å². The van der Waals surface area contributed by atoms with E-state index in [-0.39, 0.29) is 12.5 Å². The maximum absolute atomic E-state index is 10.6. The third kappa shape index (κ3) is 7.33. The summed E-state index contributed by atoms with van der Waals surface area (Å²) >= 11 is 0. The first-order valence-electron chi connectivity index (χ1n) is 5.58. The minimum absolute atomic E-state index is 0.127. The van der Waals surface area contributed by atoms with Gasteiger partial charge in [0.25, 0.3) is 0 Å². The maximum atomic E-state index is 10.6. The predicted octanol–water partition coefficient (Wildman–Crippen LogP) is 1.12. The van der Waals surface area contributed by atoms with Crippen molar-refractivity contribution in [3.8, 4) is 0 Å². The van der Waals surface area contributed by atoms with E-state index in [0.717, 1.165) is 26.1 Å². The summed E-state index contributed by atoms with van der Waals surface area (Å²) in [6.07, 6.45) is 1.30. The number of likely N-dealkylation sites (N-methyl/N-ethyl adjacent to an activating group) is 1. The molecule has 0 amide bonds. The second-order valence-corrected chi connectivity index (χ2v) is 4.29. The van der Waals surface area contributed by atoms with Crippen LogP contribution < -0.4 is 0 Å². The van der Waals surface area contributed by atoms with Gasteiger partial charge in [0, 0.05) is 19.1 Å². The fourth-order valence-corrected chi connectivity index (χ4v) is 1.55. The Bertz CT molecular complexity index is 183. The Morgan fingerprint density at radius 2 is 1.87 bits per heavy atom. The summed E-state index contributed by atoms with van der Waals surface area (Å²) in [5.74, 6) is -0.714. The van der Waals surface area contributed by atoms with Gasteiger partial charge in [-0.05, 0) is 34.0 Å². The average molecular weight is 216 g/mol. The van der Waals surface area contributed by atoms with Crippen molar-refractivity contribution in [3.63, 3.8) is 0 Å². The molecule has 4 heteroatoms. The topological polar surface area (TPSA) is 43.8 Å². The lowest BCUT2D eigenvalue weighted by atomic mass is 10.2. The van der Waals surface area contributed by atoms with E-state index in [2.05, 4.69) is 16.7 Å². The second kappa shape index (κ2) is 7.65. The molecule has 1 N–H and O–H groups in total. The summed E-state index contributed by atoms with van der Waals surface area (Å²) < 4.78 is 0. The molecular formula is C11H24N2O2. The molecule has 0 saturated heterocycles. The van der Waals surface area contributed by atoms with Gasteiger partial charge in [0.05, 0.1) is 6.42 Å². The molecule has 0 heterocycles. The molecule has 0 rings (SSSR count). The number of hydrogen-bond donors (Lipinski definition) is 1. The highest BCUT2D eigenvalue weighted by Crippen LogP contribution is 2.04. The largest absolute Gasteiger partial charge is 0.481 e. The lowest BCUT2D eigenvalue weighted by Gasteiger charge is -2.28. The van der Waals surface area contributed by atoms with Crippen molar-refractivity contribution in [2.24, 2.45) is 0 Å². The zero-order valence-electron chi connectivity index (χ0n) is 10.4. The SMILES string of the molecule is CCCN(CCN(C)C)C(C)CC(=O)O. The Kier molecular flexibility index (Phi) is 7.34. The third-order valence-electron chi connectivity index (χ3n) is 2.44. The van der Waals surface area contributed by atoms with Gasteiger partial charge in [-0.15, -0.1) is 0 Å². The first-order chi connectivity index (χ1) is 6.97. The van der Waals surface area contributed by atoms with Gasteiger partial charge in [-0.2, -0.15) is 0 Å². The predicted molar refractivity (Wildman–Crippen MR) is 62.1 cm³/mol. The van der Waals surface area contributed by atoms with Gasteiger partial charge in [-0.3, -0.25) is 9.69 Å². The number of carboxylic acids is 1. The summed E-state index contributed by atoms with van der Waals surface area (Å²) in [4.78, 5) is 15.0. The van der Waals surface area contributed by atoms with E-state index in [4.69, 9.17) is 5.11 Å². The molecule has 1 unspecified atom stereocenters. The van der Waals surface area contributed by atoms with Crippen LogP contribution in [-0.4, -0.2) is 60.6 Å². The zero-order chi connectivity index (χ0) is 11.8. The second-order valence-electron chi connectivity index (χ2n) is 4.29. The Morgan fingerprint density at radius 1 is 1.27 bits per heavy atom. The first-order valence-corrected chi connectivity index (χ1v) is 5.58. The molecule has 0 aromatic carbocycles. The quantitative estimate of drug-likeness (QED) is 0.660. The van der Waals surface area contributed by atoms with E-state index in [1.165, 1.54) is 0 Å². The van der Waals surface area contributed by atoms with Gasteiger partial charge < -0.3 is 10.0 Å². The molecule has 1 atom stereocenters. The van der Waals surface area contributed by atoms with Crippen molar-refractivity contribution in [1.82, 2.24) is 9.80 Å². The van der Waals surface area contributed by atoms with Crippen molar-refractivity contribution in [2.75, 3.05) is 33.7 Å². The monoisotopic (exact) mass is 216 g/mol. The normalized spacial score (nSPS) is 13.5. The van der Waals surface area contributed by atoms with Crippen LogP contribution in [0.4, 0.5) is 0 Å². The minimum Gasteiger partial charge on any atom is -0.481 e. The number of carbonyl (C=O) groups is 1. The van der Waals surface area contributed by atoms with Crippen LogP contribution in [0.3, 0.4) is 0 Å². The van der Waals surface area contributed by atoms with Gasteiger partial charge in [0.15, 0.2) is 0 Å².